The van der Waals surface area contributed by atoms with Gasteiger partial charge in [-0.25, -0.2) is 15.0 Å². The molecule has 0 amide bonds. The quantitative estimate of drug-likeness (QED) is 0.164. The maximum absolute atomic E-state index is 5.82. The lowest BCUT2D eigenvalue weighted by Crippen LogP contribution is -2.36. The zero-order valence-electron chi connectivity index (χ0n) is 19.0. The van der Waals surface area contributed by atoms with E-state index in [2.05, 4.69) is 25.6 Å². The Balaban J connectivity index is 0.00000324. The molecule has 34 heavy (non-hydrogen) atoms. The van der Waals surface area contributed by atoms with E-state index in [0.717, 1.165) is 28.9 Å². The number of aromatic nitrogens is 2. The van der Waals surface area contributed by atoms with Crippen LogP contribution in [0.5, 0.6) is 5.88 Å². The minimum atomic E-state index is 0. The minimum Gasteiger partial charge on any atom is -0.473 e. The van der Waals surface area contributed by atoms with Crippen molar-refractivity contribution in [3.05, 3.63) is 102 Å². The third kappa shape index (κ3) is 7.58. The summed E-state index contributed by atoms with van der Waals surface area (Å²) in [5.74, 6) is 1.89. The fourth-order valence-corrected chi connectivity index (χ4v) is 3.15. The van der Waals surface area contributed by atoms with Crippen LogP contribution in [0.15, 0.2) is 94.7 Å². The smallest absolute Gasteiger partial charge is 0.226 e. The average Bonchev–Trinajstić information content (AvgIpc) is 3.35. The number of nitrogens with zero attached hydrogens (tertiary/aromatic N) is 3. The molecule has 2 aromatic heterocycles. The summed E-state index contributed by atoms with van der Waals surface area (Å²) in [6, 6.07) is 23.7. The van der Waals surface area contributed by atoms with Crippen LogP contribution in [0.2, 0.25) is 0 Å². The minimum absolute atomic E-state index is 0. The van der Waals surface area contributed by atoms with E-state index in [9.17, 15) is 0 Å². The van der Waals surface area contributed by atoms with Gasteiger partial charge in [0, 0.05) is 24.4 Å². The summed E-state index contributed by atoms with van der Waals surface area (Å²) in [6.45, 7) is 4.26. The largest absolute Gasteiger partial charge is 0.473 e. The van der Waals surface area contributed by atoms with Gasteiger partial charge in [0.05, 0.1) is 18.8 Å². The van der Waals surface area contributed by atoms with E-state index in [4.69, 9.17) is 9.15 Å². The van der Waals surface area contributed by atoms with E-state index in [-0.39, 0.29) is 24.0 Å². The first-order valence-corrected chi connectivity index (χ1v) is 10.9. The van der Waals surface area contributed by atoms with Crippen molar-refractivity contribution in [3.8, 4) is 17.3 Å². The van der Waals surface area contributed by atoms with Crippen LogP contribution in [0.4, 0.5) is 0 Å². The summed E-state index contributed by atoms with van der Waals surface area (Å²) in [5.41, 5.74) is 3.87. The molecule has 0 atom stereocenters. The molecule has 176 valence electrons. The van der Waals surface area contributed by atoms with Crippen LogP contribution < -0.4 is 15.4 Å². The molecule has 0 aliphatic heterocycles. The van der Waals surface area contributed by atoms with E-state index in [1.54, 1.807) is 12.5 Å². The van der Waals surface area contributed by atoms with Crippen LogP contribution in [0.3, 0.4) is 0 Å². The number of rotatable bonds is 9. The van der Waals surface area contributed by atoms with Gasteiger partial charge in [0.25, 0.3) is 0 Å². The SMILES string of the molecule is CCNC(=NCc1ccnc(OCc2ccccc2)c1)NCc1coc(-c2ccccc2)n1.I. The molecular weight excluding hydrogens is 541 g/mol. The van der Waals surface area contributed by atoms with Gasteiger partial charge in [-0.3, -0.25) is 0 Å². The van der Waals surface area contributed by atoms with Crippen molar-refractivity contribution in [2.75, 3.05) is 6.54 Å². The number of guanidine groups is 1. The predicted octanol–water partition coefficient (Wildman–Crippen LogP) is 5.19. The van der Waals surface area contributed by atoms with Crippen molar-refractivity contribution >= 4 is 29.9 Å². The molecule has 2 heterocycles. The van der Waals surface area contributed by atoms with Gasteiger partial charge < -0.3 is 19.8 Å². The Morgan fingerprint density at radius 2 is 1.74 bits per heavy atom. The Hall–Kier alpha value is -3.40. The summed E-state index contributed by atoms with van der Waals surface area (Å²) in [4.78, 5) is 13.5. The first-order valence-electron chi connectivity index (χ1n) is 10.9. The third-order valence-electron chi connectivity index (χ3n) is 4.80. The molecule has 7 nitrogen and oxygen atoms in total. The number of halogens is 1. The number of hydrogen-bond donors (Lipinski definition) is 2. The number of benzene rings is 2. The normalized spacial score (nSPS) is 10.9. The summed E-state index contributed by atoms with van der Waals surface area (Å²) in [7, 11) is 0. The first kappa shape index (κ1) is 25.2. The van der Waals surface area contributed by atoms with Crippen LogP contribution in [-0.4, -0.2) is 22.5 Å². The second-order valence-electron chi connectivity index (χ2n) is 7.34. The lowest BCUT2D eigenvalue weighted by Gasteiger charge is -2.10. The highest BCUT2D eigenvalue weighted by Crippen LogP contribution is 2.18. The average molecular weight is 569 g/mol. The van der Waals surface area contributed by atoms with Gasteiger partial charge in [-0.2, -0.15) is 0 Å². The van der Waals surface area contributed by atoms with Crippen LogP contribution >= 0.6 is 24.0 Å². The fourth-order valence-electron chi connectivity index (χ4n) is 3.15. The van der Waals surface area contributed by atoms with Gasteiger partial charge in [0.15, 0.2) is 5.96 Å². The molecule has 0 bridgehead atoms. The van der Waals surface area contributed by atoms with Crippen LogP contribution in [0.1, 0.15) is 23.7 Å². The van der Waals surface area contributed by atoms with Gasteiger partial charge >= 0.3 is 0 Å². The lowest BCUT2D eigenvalue weighted by atomic mass is 10.2. The Morgan fingerprint density at radius 3 is 2.50 bits per heavy atom. The molecule has 2 N–H and O–H groups in total. The van der Waals surface area contributed by atoms with Gasteiger partial charge in [-0.15, -0.1) is 24.0 Å². The molecule has 0 saturated carbocycles. The molecule has 4 aromatic rings. The zero-order valence-corrected chi connectivity index (χ0v) is 21.3. The van der Waals surface area contributed by atoms with Gasteiger partial charge in [0.2, 0.25) is 11.8 Å². The molecule has 0 aliphatic carbocycles. The first-order chi connectivity index (χ1) is 16.3. The molecule has 0 spiro atoms. The molecule has 2 aromatic carbocycles. The van der Waals surface area contributed by atoms with Crippen molar-refractivity contribution < 1.29 is 9.15 Å². The van der Waals surface area contributed by atoms with Crippen LogP contribution in [0, 0.1) is 0 Å². The predicted molar refractivity (Wildman–Crippen MR) is 144 cm³/mol. The number of oxazole rings is 1. The monoisotopic (exact) mass is 569 g/mol. The molecular formula is C26H28IN5O2. The highest BCUT2D eigenvalue weighted by atomic mass is 127. The molecule has 0 unspecified atom stereocenters. The number of aliphatic imine (C=N–C) groups is 1. The fraction of sp³-hybridized carbons (Fsp3) is 0.192. The van der Waals surface area contributed by atoms with Crippen molar-refractivity contribution in [1.29, 1.82) is 0 Å². The Morgan fingerprint density at radius 1 is 0.971 bits per heavy atom. The van der Waals surface area contributed by atoms with E-state index >= 15 is 0 Å². The zero-order chi connectivity index (χ0) is 22.7. The number of pyridine rings is 1. The third-order valence-corrected chi connectivity index (χ3v) is 4.80. The summed E-state index contributed by atoms with van der Waals surface area (Å²) < 4.78 is 11.4. The van der Waals surface area contributed by atoms with E-state index in [0.29, 0.717) is 37.4 Å². The Kier molecular flexibility index (Phi) is 9.90. The molecule has 0 radical (unpaired) electrons. The number of nitrogens with one attached hydrogen (secondary N) is 2. The van der Waals surface area contributed by atoms with Crippen molar-refractivity contribution in [3.63, 3.8) is 0 Å². The Labute approximate surface area is 216 Å². The van der Waals surface area contributed by atoms with E-state index in [1.165, 1.54) is 0 Å². The van der Waals surface area contributed by atoms with Gasteiger partial charge in [-0.05, 0) is 36.2 Å². The molecule has 0 saturated heterocycles. The van der Waals surface area contributed by atoms with E-state index < -0.39 is 0 Å². The molecule has 8 heteroatoms. The van der Waals surface area contributed by atoms with Crippen molar-refractivity contribution in [2.24, 2.45) is 4.99 Å². The van der Waals surface area contributed by atoms with E-state index in [1.807, 2.05) is 79.7 Å². The maximum Gasteiger partial charge on any atom is 0.226 e. The maximum atomic E-state index is 5.82. The Bertz CT molecular complexity index is 1170. The summed E-state index contributed by atoms with van der Waals surface area (Å²) in [6.07, 6.45) is 3.41. The highest BCUT2D eigenvalue weighted by molar-refractivity contribution is 14.0. The molecule has 0 fully saturated rings. The van der Waals surface area contributed by atoms with Crippen molar-refractivity contribution in [2.45, 2.75) is 26.6 Å². The van der Waals surface area contributed by atoms with Crippen LogP contribution in [-0.2, 0) is 19.7 Å². The lowest BCUT2D eigenvalue weighted by molar-refractivity contribution is 0.293. The second kappa shape index (κ2) is 13.3. The van der Waals surface area contributed by atoms with Crippen molar-refractivity contribution in [1.82, 2.24) is 20.6 Å². The van der Waals surface area contributed by atoms with Crippen LogP contribution in [0.25, 0.3) is 11.5 Å². The molecule has 4 rings (SSSR count). The molecule has 0 aliphatic rings. The second-order valence-corrected chi connectivity index (χ2v) is 7.34. The topological polar surface area (TPSA) is 84.6 Å². The number of ether oxygens (including phenoxy) is 1. The standard InChI is InChI=1S/C26H27N5O2.HI/c1-2-27-26(30-17-23-19-33-25(31-23)22-11-7-4-8-12-22)29-16-21-13-14-28-24(15-21)32-18-20-9-5-3-6-10-20;/h3-15,19H,2,16-18H2,1H3,(H2,27,29,30);1H. The van der Waals surface area contributed by atoms with Gasteiger partial charge in [0.1, 0.15) is 12.9 Å². The summed E-state index contributed by atoms with van der Waals surface area (Å²) >= 11 is 0. The van der Waals surface area contributed by atoms with Gasteiger partial charge in [-0.1, -0.05) is 48.5 Å². The summed E-state index contributed by atoms with van der Waals surface area (Å²) in [5, 5.41) is 6.56. The number of hydrogen-bond acceptors (Lipinski definition) is 5. The highest BCUT2D eigenvalue weighted by Gasteiger charge is 2.07.